The Hall–Kier alpha value is -3.77. The van der Waals surface area contributed by atoms with Gasteiger partial charge in [-0.25, -0.2) is 4.79 Å². The molecule has 7 heteroatoms. The van der Waals surface area contributed by atoms with Crippen LogP contribution in [0.25, 0.3) is 10.9 Å². The van der Waals surface area contributed by atoms with Gasteiger partial charge in [0, 0.05) is 47.4 Å². The number of urea groups is 1. The lowest BCUT2D eigenvalue weighted by atomic mass is 10.1. The second kappa shape index (κ2) is 12.3. The fourth-order valence-electron chi connectivity index (χ4n) is 4.21. The van der Waals surface area contributed by atoms with Crippen molar-refractivity contribution in [2.45, 2.75) is 26.3 Å². The van der Waals surface area contributed by atoms with Crippen LogP contribution in [0.1, 0.15) is 24.5 Å². The van der Waals surface area contributed by atoms with Crippen molar-refractivity contribution in [3.63, 3.8) is 0 Å². The summed E-state index contributed by atoms with van der Waals surface area (Å²) in [6.07, 6.45) is 3.47. The molecule has 0 atom stereocenters. The first-order chi connectivity index (χ1) is 17.5. The standard InChI is InChI=1S/C29H31ClN4O2/c1-2-17-34(29(36)32-25-14-12-24(30)13-15-25)21-28(35)33(20-22-8-4-3-5-9-22)18-16-23-19-31-27-11-7-6-10-26(23)27/h3-15,19,31H,2,16-18,20-21H2,1H3,(H,32,36). The van der Waals surface area contributed by atoms with Crippen molar-refractivity contribution in [3.05, 3.63) is 101 Å². The first-order valence-electron chi connectivity index (χ1n) is 12.2. The van der Waals surface area contributed by atoms with Gasteiger partial charge in [-0.2, -0.15) is 0 Å². The van der Waals surface area contributed by atoms with Crippen LogP contribution in [-0.2, 0) is 17.8 Å². The zero-order valence-corrected chi connectivity index (χ0v) is 21.2. The van der Waals surface area contributed by atoms with Crippen molar-refractivity contribution in [2.75, 3.05) is 25.0 Å². The molecule has 0 fully saturated rings. The van der Waals surface area contributed by atoms with Gasteiger partial charge in [-0.05, 0) is 54.3 Å². The molecule has 6 nitrogen and oxygen atoms in total. The maximum atomic E-state index is 13.5. The van der Waals surface area contributed by atoms with Gasteiger partial charge >= 0.3 is 6.03 Å². The Morgan fingerprint density at radius 3 is 2.36 bits per heavy atom. The Bertz CT molecular complexity index is 1290. The number of hydrogen-bond acceptors (Lipinski definition) is 2. The van der Waals surface area contributed by atoms with Gasteiger partial charge in [-0.15, -0.1) is 0 Å². The van der Waals surface area contributed by atoms with Crippen LogP contribution < -0.4 is 5.32 Å². The van der Waals surface area contributed by atoms with Gasteiger partial charge in [-0.1, -0.05) is 67.1 Å². The molecule has 0 unspecified atom stereocenters. The molecule has 3 aromatic carbocycles. The molecule has 2 N–H and O–H groups in total. The van der Waals surface area contributed by atoms with Crippen molar-refractivity contribution >= 4 is 40.1 Å². The summed E-state index contributed by atoms with van der Waals surface area (Å²) in [6.45, 7) is 3.52. The van der Waals surface area contributed by atoms with Gasteiger partial charge in [0.05, 0.1) is 0 Å². The Kier molecular flexibility index (Phi) is 8.63. The highest BCUT2D eigenvalue weighted by Crippen LogP contribution is 2.19. The van der Waals surface area contributed by atoms with Crippen molar-refractivity contribution in [2.24, 2.45) is 0 Å². The molecule has 1 heterocycles. The van der Waals surface area contributed by atoms with Crippen LogP contribution in [0.4, 0.5) is 10.5 Å². The highest BCUT2D eigenvalue weighted by atomic mass is 35.5. The number of hydrogen-bond donors (Lipinski definition) is 2. The SMILES string of the molecule is CCCN(CC(=O)N(CCc1c[nH]c2ccccc12)Cc1ccccc1)C(=O)Nc1ccc(Cl)cc1. The summed E-state index contributed by atoms with van der Waals surface area (Å²) in [4.78, 5) is 33.3. The molecule has 0 bridgehead atoms. The highest BCUT2D eigenvalue weighted by molar-refractivity contribution is 6.30. The summed E-state index contributed by atoms with van der Waals surface area (Å²) < 4.78 is 0. The number of aromatic nitrogens is 1. The number of para-hydroxylation sites is 1. The molecule has 0 aliphatic heterocycles. The van der Waals surface area contributed by atoms with E-state index < -0.39 is 0 Å². The number of H-pyrrole nitrogens is 1. The molecule has 0 saturated carbocycles. The maximum absolute atomic E-state index is 13.5. The first kappa shape index (κ1) is 25.3. The second-order valence-electron chi connectivity index (χ2n) is 8.77. The minimum Gasteiger partial charge on any atom is -0.361 e. The first-order valence-corrected chi connectivity index (χ1v) is 12.6. The van der Waals surface area contributed by atoms with Crippen LogP contribution in [-0.4, -0.2) is 46.4 Å². The van der Waals surface area contributed by atoms with Gasteiger partial charge in [0.2, 0.25) is 5.91 Å². The molecule has 3 amide bonds. The molecule has 4 aromatic rings. The molecular formula is C29H31ClN4O2. The topological polar surface area (TPSA) is 68.4 Å². The van der Waals surface area contributed by atoms with E-state index in [9.17, 15) is 9.59 Å². The molecule has 0 saturated heterocycles. The Balaban J connectivity index is 1.48. The third-order valence-electron chi connectivity index (χ3n) is 6.10. The second-order valence-corrected chi connectivity index (χ2v) is 9.21. The van der Waals surface area contributed by atoms with Gasteiger partial charge in [-0.3, -0.25) is 4.79 Å². The van der Waals surface area contributed by atoms with E-state index in [2.05, 4.69) is 16.4 Å². The van der Waals surface area contributed by atoms with E-state index in [4.69, 9.17) is 11.6 Å². The number of halogens is 1. The monoisotopic (exact) mass is 502 g/mol. The average Bonchev–Trinajstić information content (AvgIpc) is 3.31. The summed E-state index contributed by atoms with van der Waals surface area (Å²) in [5, 5.41) is 4.64. The van der Waals surface area contributed by atoms with E-state index in [1.165, 1.54) is 10.9 Å². The van der Waals surface area contributed by atoms with E-state index in [1.54, 1.807) is 29.2 Å². The van der Waals surface area contributed by atoms with Crippen LogP contribution in [0.3, 0.4) is 0 Å². The number of carbonyl (C=O) groups is 2. The fourth-order valence-corrected chi connectivity index (χ4v) is 4.34. The molecule has 0 aliphatic carbocycles. The molecule has 36 heavy (non-hydrogen) atoms. The number of aromatic amines is 1. The maximum Gasteiger partial charge on any atom is 0.322 e. The van der Waals surface area contributed by atoms with E-state index in [0.717, 1.165) is 17.5 Å². The number of nitrogens with one attached hydrogen (secondary N) is 2. The predicted octanol–water partition coefficient (Wildman–Crippen LogP) is 6.34. The van der Waals surface area contributed by atoms with E-state index in [1.807, 2.05) is 66.6 Å². The summed E-state index contributed by atoms with van der Waals surface area (Å²) in [6, 6.07) is 24.7. The molecular weight excluding hydrogens is 472 g/mol. The summed E-state index contributed by atoms with van der Waals surface area (Å²) in [5.74, 6) is -0.0848. The summed E-state index contributed by atoms with van der Waals surface area (Å²) >= 11 is 5.95. The van der Waals surface area contributed by atoms with Gasteiger partial charge in [0.25, 0.3) is 0 Å². The quantitative estimate of drug-likeness (QED) is 0.266. The van der Waals surface area contributed by atoms with Gasteiger partial charge < -0.3 is 20.1 Å². The Labute approximate surface area is 216 Å². The van der Waals surface area contributed by atoms with Gasteiger partial charge in [0.1, 0.15) is 6.54 Å². The molecule has 1 aromatic heterocycles. The van der Waals surface area contributed by atoms with E-state index in [-0.39, 0.29) is 18.5 Å². The number of amides is 3. The normalized spacial score (nSPS) is 10.8. The molecule has 4 rings (SSSR count). The van der Waals surface area contributed by atoms with E-state index in [0.29, 0.717) is 36.8 Å². The lowest BCUT2D eigenvalue weighted by Gasteiger charge is -2.28. The lowest BCUT2D eigenvalue weighted by Crippen LogP contribution is -2.45. The van der Waals surface area contributed by atoms with Crippen molar-refractivity contribution in [3.8, 4) is 0 Å². The lowest BCUT2D eigenvalue weighted by molar-refractivity contribution is -0.132. The highest BCUT2D eigenvalue weighted by Gasteiger charge is 2.22. The molecule has 0 radical (unpaired) electrons. The third-order valence-corrected chi connectivity index (χ3v) is 6.35. The zero-order valence-electron chi connectivity index (χ0n) is 20.4. The summed E-state index contributed by atoms with van der Waals surface area (Å²) in [7, 11) is 0. The van der Waals surface area contributed by atoms with Crippen LogP contribution >= 0.6 is 11.6 Å². The minimum absolute atomic E-state index is 0.00792. The number of fused-ring (bicyclic) bond motifs is 1. The van der Waals surface area contributed by atoms with Crippen molar-refractivity contribution in [1.29, 1.82) is 0 Å². The van der Waals surface area contributed by atoms with Crippen LogP contribution in [0, 0.1) is 0 Å². The number of anilines is 1. The van der Waals surface area contributed by atoms with Crippen molar-refractivity contribution in [1.82, 2.24) is 14.8 Å². The Morgan fingerprint density at radius 2 is 1.61 bits per heavy atom. The number of nitrogens with zero attached hydrogens (tertiary/aromatic N) is 2. The fraction of sp³-hybridized carbons (Fsp3) is 0.241. The smallest absolute Gasteiger partial charge is 0.322 e. The third kappa shape index (κ3) is 6.67. The van der Waals surface area contributed by atoms with Crippen LogP contribution in [0.2, 0.25) is 5.02 Å². The Morgan fingerprint density at radius 1 is 0.889 bits per heavy atom. The molecule has 0 aliphatic rings. The van der Waals surface area contributed by atoms with Crippen molar-refractivity contribution < 1.29 is 9.59 Å². The number of carbonyl (C=O) groups excluding carboxylic acids is 2. The molecule has 0 spiro atoms. The minimum atomic E-state index is -0.302. The molecule has 186 valence electrons. The van der Waals surface area contributed by atoms with Crippen LogP contribution in [0.5, 0.6) is 0 Å². The van der Waals surface area contributed by atoms with Gasteiger partial charge in [0.15, 0.2) is 0 Å². The van der Waals surface area contributed by atoms with Crippen LogP contribution in [0.15, 0.2) is 85.1 Å². The average molecular weight is 503 g/mol. The number of benzene rings is 3. The predicted molar refractivity (Wildman–Crippen MR) is 146 cm³/mol. The largest absolute Gasteiger partial charge is 0.361 e. The van der Waals surface area contributed by atoms with E-state index >= 15 is 0 Å². The number of rotatable bonds is 10. The zero-order chi connectivity index (χ0) is 25.3. The summed E-state index contributed by atoms with van der Waals surface area (Å²) in [5.41, 5.74) is 3.94.